The van der Waals surface area contributed by atoms with Gasteiger partial charge in [-0.05, 0) is 29.8 Å². The van der Waals surface area contributed by atoms with Gasteiger partial charge in [-0.25, -0.2) is 4.98 Å². The summed E-state index contributed by atoms with van der Waals surface area (Å²) in [5, 5.41) is 0.611. The van der Waals surface area contributed by atoms with Crippen molar-refractivity contribution in [1.82, 2.24) is 14.9 Å². The molecule has 0 saturated heterocycles. The Labute approximate surface area is 156 Å². The first kappa shape index (κ1) is 17.9. The molecule has 0 atom stereocenters. The van der Waals surface area contributed by atoms with E-state index in [-0.39, 0.29) is 17.9 Å². The zero-order valence-electron chi connectivity index (χ0n) is 14.3. The summed E-state index contributed by atoms with van der Waals surface area (Å²) >= 11 is 5.87. The van der Waals surface area contributed by atoms with Crippen molar-refractivity contribution in [2.75, 3.05) is 7.05 Å². The minimum atomic E-state index is -0.314. The fraction of sp³-hybridized carbons (Fsp3) is 0.150. The van der Waals surface area contributed by atoms with Crippen molar-refractivity contribution in [3.63, 3.8) is 0 Å². The highest BCUT2D eigenvalue weighted by Gasteiger charge is 2.13. The van der Waals surface area contributed by atoms with Gasteiger partial charge < -0.3 is 9.88 Å². The molecule has 5 nitrogen and oxygen atoms in total. The molecular formula is C20H18ClN3O2. The van der Waals surface area contributed by atoms with Gasteiger partial charge in [-0.2, -0.15) is 0 Å². The zero-order valence-corrected chi connectivity index (χ0v) is 15.0. The second kappa shape index (κ2) is 7.97. The summed E-state index contributed by atoms with van der Waals surface area (Å²) in [5.41, 5.74) is 1.82. The largest absolute Gasteiger partial charge is 0.341 e. The smallest absolute Gasteiger partial charge is 0.254 e. The number of carbonyl (C=O) groups is 1. The van der Waals surface area contributed by atoms with Gasteiger partial charge >= 0.3 is 0 Å². The van der Waals surface area contributed by atoms with E-state index in [1.165, 1.54) is 6.20 Å². The van der Waals surface area contributed by atoms with E-state index < -0.39 is 0 Å². The van der Waals surface area contributed by atoms with Gasteiger partial charge in [0.25, 0.3) is 5.56 Å². The zero-order chi connectivity index (χ0) is 18.5. The van der Waals surface area contributed by atoms with E-state index >= 15 is 0 Å². The van der Waals surface area contributed by atoms with E-state index in [0.29, 0.717) is 23.0 Å². The summed E-state index contributed by atoms with van der Waals surface area (Å²) < 4.78 is 0. The Hall–Kier alpha value is -2.92. The van der Waals surface area contributed by atoms with Crippen LogP contribution in [0.2, 0.25) is 5.02 Å². The number of aromatic amines is 1. The monoisotopic (exact) mass is 367 g/mol. The molecule has 1 amide bonds. The van der Waals surface area contributed by atoms with Crippen LogP contribution in [0.1, 0.15) is 11.1 Å². The van der Waals surface area contributed by atoms with Crippen LogP contribution in [0.5, 0.6) is 0 Å². The highest BCUT2D eigenvalue weighted by molar-refractivity contribution is 6.30. The fourth-order valence-electron chi connectivity index (χ4n) is 2.54. The number of benzene rings is 2. The van der Waals surface area contributed by atoms with E-state index in [1.54, 1.807) is 36.2 Å². The first-order valence-corrected chi connectivity index (χ1v) is 8.53. The Balaban J connectivity index is 1.70. The van der Waals surface area contributed by atoms with Gasteiger partial charge in [0.15, 0.2) is 0 Å². The first-order chi connectivity index (χ1) is 12.5. The predicted octanol–water partition coefficient (Wildman–Crippen LogP) is 3.29. The predicted molar refractivity (Wildman–Crippen MR) is 102 cm³/mol. The number of halogens is 1. The number of rotatable bonds is 5. The molecule has 0 aliphatic heterocycles. The topological polar surface area (TPSA) is 66.1 Å². The van der Waals surface area contributed by atoms with Crippen LogP contribution in [-0.2, 0) is 17.8 Å². The number of hydrogen-bond acceptors (Lipinski definition) is 3. The Morgan fingerprint density at radius 3 is 2.46 bits per heavy atom. The molecule has 132 valence electrons. The van der Waals surface area contributed by atoms with Crippen LogP contribution >= 0.6 is 11.6 Å². The molecule has 3 rings (SSSR count). The van der Waals surface area contributed by atoms with Crippen LogP contribution in [0.4, 0.5) is 0 Å². The molecular weight excluding hydrogens is 350 g/mol. The second-order valence-corrected chi connectivity index (χ2v) is 6.44. The van der Waals surface area contributed by atoms with Crippen molar-refractivity contribution in [2.45, 2.75) is 13.0 Å². The van der Waals surface area contributed by atoms with Crippen molar-refractivity contribution < 1.29 is 4.79 Å². The van der Waals surface area contributed by atoms with Gasteiger partial charge in [-0.15, -0.1) is 0 Å². The van der Waals surface area contributed by atoms with E-state index in [2.05, 4.69) is 9.97 Å². The first-order valence-electron chi connectivity index (χ1n) is 8.15. The molecule has 0 fully saturated rings. The highest BCUT2D eigenvalue weighted by Crippen LogP contribution is 2.17. The Morgan fingerprint density at radius 1 is 1.12 bits per heavy atom. The van der Waals surface area contributed by atoms with Gasteiger partial charge in [0.1, 0.15) is 5.82 Å². The third-order valence-corrected chi connectivity index (χ3v) is 4.27. The van der Waals surface area contributed by atoms with Crippen LogP contribution in [-0.4, -0.2) is 27.8 Å². The maximum Gasteiger partial charge on any atom is 0.254 e. The Morgan fingerprint density at radius 2 is 1.81 bits per heavy atom. The number of H-pyrrole nitrogens is 1. The van der Waals surface area contributed by atoms with Crippen molar-refractivity contribution >= 4 is 17.5 Å². The highest BCUT2D eigenvalue weighted by atomic mass is 35.5. The van der Waals surface area contributed by atoms with Gasteiger partial charge in [-0.3, -0.25) is 9.59 Å². The van der Waals surface area contributed by atoms with E-state index in [1.807, 2.05) is 30.3 Å². The summed E-state index contributed by atoms with van der Waals surface area (Å²) in [4.78, 5) is 33.3. The average molecular weight is 368 g/mol. The van der Waals surface area contributed by atoms with E-state index in [9.17, 15) is 9.59 Å². The molecule has 2 aromatic carbocycles. The Kier molecular flexibility index (Phi) is 5.49. The molecule has 0 saturated carbocycles. The number of hydrogen-bond donors (Lipinski definition) is 1. The molecule has 3 aromatic rings. The lowest BCUT2D eigenvalue weighted by atomic mass is 10.1. The molecule has 1 heterocycles. The van der Waals surface area contributed by atoms with Gasteiger partial charge in [0, 0.05) is 35.9 Å². The molecule has 0 aliphatic rings. The number of aromatic nitrogens is 2. The van der Waals surface area contributed by atoms with Crippen LogP contribution in [0.15, 0.2) is 65.6 Å². The number of nitrogens with one attached hydrogen (secondary N) is 1. The summed E-state index contributed by atoms with van der Waals surface area (Å²) in [6, 6.07) is 16.7. The lowest BCUT2D eigenvalue weighted by molar-refractivity contribution is -0.129. The molecule has 0 bridgehead atoms. The SMILES string of the molecule is CN(Cc1ccccc1)C(=O)Cc1cnc(-c2ccc(Cl)cc2)[nH]c1=O. The van der Waals surface area contributed by atoms with Crippen molar-refractivity contribution in [3.8, 4) is 11.4 Å². The molecule has 0 spiro atoms. The van der Waals surface area contributed by atoms with Crippen molar-refractivity contribution in [1.29, 1.82) is 0 Å². The third kappa shape index (κ3) is 4.37. The Bertz CT molecular complexity index is 953. The van der Waals surface area contributed by atoms with Gasteiger partial charge in [-0.1, -0.05) is 41.9 Å². The molecule has 6 heteroatoms. The molecule has 1 N–H and O–H groups in total. The number of carbonyl (C=O) groups excluding carboxylic acids is 1. The molecule has 0 radical (unpaired) electrons. The van der Waals surface area contributed by atoms with E-state index in [0.717, 1.165) is 11.1 Å². The van der Waals surface area contributed by atoms with Crippen LogP contribution in [0.3, 0.4) is 0 Å². The molecule has 26 heavy (non-hydrogen) atoms. The summed E-state index contributed by atoms with van der Waals surface area (Å²) in [6.45, 7) is 0.494. The van der Waals surface area contributed by atoms with Gasteiger partial charge in [0.05, 0.1) is 6.42 Å². The van der Waals surface area contributed by atoms with E-state index in [4.69, 9.17) is 11.6 Å². The normalized spacial score (nSPS) is 10.5. The van der Waals surface area contributed by atoms with Gasteiger partial charge in [0.2, 0.25) is 5.91 Å². The summed E-state index contributed by atoms with van der Waals surface area (Å²) in [6.07, 6.45) is 1.46. The molecule has 1 aromatic heterocycles. The maximum atomic E-state index is 12.4. The third-order valence-electron chi connectivity index (χ3n) is 4.02. The molecule has 0 aliphatic carbocycles. The number of amides is 1. The average Bonchev–Trinajstić information content (AvgIpc) is 2.64. The quantitative estimate of drug-likeness (QED) is 0.752. The maximum absolute atomic E-state index is 12.4. The van der Waals surface area contributed by atoms with Crippen LogP contribution < -0.4 is 5.56 Å². The fourth-order valence-corrected chi connectivity index (χ4v) is 2.67. The van der Waals surface area contributed by atoms with Crippen molar-refractivity contribution in [2.24, 2.45) is 0 Å². The van der Waals surface area contributed by atoms with Crippen LogP contribution in [0.25, 0.3) is 11.4 Å². The standard InChI is InChI=1S/C20H18ClN3O2/c1-24(13-14-5-3-2-4-6-14)18(25)11-16-12-22-19(23-20(16)26)15-7-9-17(21)10-8-15/h2-10,12H,11,13H2,1H3,(H,22,23,26). The minimum absolute atomic E-state index is 0.00651. The summed E-state index contributed by atoms with van der Waals surface area (Å²) in [7, 11) is 1.72. The number of likely N-dealkylation sites (N-methyl/N-ethyl adjacent to an activating group) is 1. The second-order valence-electron chi connectivity index (χ2n) is 6.01. The number of nitrogens with zero attached hydrogens (tertiary/aromatic N) is 2. The molecule has 0 unspecified atom stereocenters. The lowest BCUT2D eigenvalue weighted by Crippen LogP contribution is -2.30. The van der Waals surface area contributed by atoms with Crippen LogP contribution in [0, 0.1) is 0 Å². The lowest BCUT2D eigenvalue weighted by Gasteiger charge is -2.17. The minimum Gasteiger partial charge on any atom is -0.341 e. The van der Waals surface area contributed by atoms with Crippen molar-refractivity contribution in [3.05, 3.63) is 87.3 Å². The summed E-state index contributed by atoms with van der Waals surface area (Å²) in [5.74, 6) is 0.306.